The molecular weight excluding hydrogens is 348 g/mol. The van der Waals surface area contributed by atoms with E-state index in [0.29, 0.717) is 29.4 Å². The lowest BCUT2D eigenvalue weighted by atomic mass is 10.1. The summed E-state index contributed by atoms with van der Waals surface area (Å²) < 4.78 is 15.6. The second-order valence-electron chi connectivity index (χ2n) is 6.20. The van der Waals surface area contributed by atoms with Crippen LogP contribution < -0.4 is 20.1 Å². The van der Waals surface area contributed by atoms with Crippen LogP contribution in [0.1, 0.15) is 30.0 Å². The van der Waals surface area contributed by atoms with Crippen molar-refractivity contribution in [3.63, 3.8) is 0 Å². The molecule has 0 bridgehead atoms. The number of amides is 2. The molecule has 7 heteroatoms. The molecule has 2 rings (SSSR count). The Kier molecular flexibility index (Phi) is 7.05. The number of rotatable bonds is 8. The van der Waals surface area contributed by atoms with Gasteiger partial charge < -0.3 is 24.5 Å². The van der Waals surface area contributed by atoms with Crippen LogP contribution in [0, 0.1) is 5.92 Å². The van der Waals surface area contributed by atoms with E-state index in [2.05, 4.69) is 10.6 Å². The molecule has 2 amide bonds. The number of carbonyl (C=O) groups excluding carboxylic acids is 2. The molecule has 0 aliphatic rings. The average Bonchev–Trinajstić information content (AvgIpc) is 3.17. The fourth-order valence-corrected chi connectivity index (χ4v) is 2.24. The van der Waals surface area contributed by atoms with Crippen molar-refractivity contribution in [2.24, 2.45) is 5.92 Å². The molecule has 0 atom stereocenters. The Morgan fingerprint density at radius 1 is 1.15 bits per heavy atom. The van der Waals surface area contributed by atoms with Crippen LogP contribution in [-0.2, 0) is 4.79 Å². The molecule has 144 valence electrons. The minimum absolute atomic E-state index is 0.0883. The van der Waals surface area contributed by atoms with Crippen LogP contribution in [0.5, 0.6) is 11.5 Å². The Balaban J connectivity index is 2.24. The number of hydrogen-bond acceptors (Lipinski definition) is 5. The van der Waals surface area contributed by atoms with Gasteiger partial charge in [-0.3, -0.25) is 9.59 Å². The fourth-order valence-electron chi connectivity index (χ4n) is 2.24. The van der Waals surface area contributed by atoms with Gasteiger partial charge in [0.2, 0.25) is 0 Å². The van der Waals surface area contributed by atoms with E-state index in [4.69, 9.17) is 13.9 Å². The summed E-state index contributed by atoms with van der Waals surface area (Å²) >= 11 is 0. The Morgan fingerprint density at radius 3 is 2.48 bits per heavy atom. The molecule has 1 heterocycles. The normalized spacial score (nSPS) is 11.2. The third-order valence-electron chi connectivity index (χ3n) is 3.64. The van der Waals surface area contributed by atoms with Gasteiger partial charge in [-0.15, -0.1) is 0 Å². The molecule has 0 saturated carbocycles. The van der Waals surface area contributed by atoms with Crippen molar-refractivity contribution in [2.45, 2.75) is 13.8 Å². The molecule has 0 radical (unpaired) electrons. The minimum Gasteiger partial charge on any atom is -0.493 e. The van der Waals surface area contributed by atoms with Crippen molar-refractivity contribution >= 4 is 17.9 Å². The van der Waals surface area contributed by atoms with E-state index in [1.807, 2.05) is 13.8 Å². The van der Waals surface area contributed by atoms with Gasteiger partial charge in [0, 0.05) is 18.2 Å². The Morgan fingerprint density at radius 2 is 1.89 bits per heavy atom. The number of nitrogens with one attached hydrogen (secondary N) is 2. The number of furan rings is 1. The number of ether oxygens (including phenoxy) is 2. The zero-order valence-corrected chi connectivity index (χ0v) is 15.9. The molecule has 0 spiro atoms. The van der Waals surface area contributed by atoms with Crippen molar-refractivity contribution in [2.75, 3.05) is 20.8 Å². The molecular formula is C20H24N2O5. The van der Waals surface area contributed by atoms with E-state index in [0.717, 1.165) is 0 Å². The predicted molar refractivity (Wildman–Crippen MR) is 102 cm³/mol. The average molecular weight is 372 g/mol. The lowest BCUT2D eigenvalue weighted by Crippen LogP contribution is -2.36. The molecule has 0 aliphatic heterocycles. The smallest absolute Gasteiger partial charge is 0.267 e. The third kappa shape index (κ3) is 5.64. The first kappa shape index (κ1) is 20.1. The predicted octanol–water partition coefficient (Wildman–Crippen LogP) is 2.84. The molecule has 0 fully saturated rings. The van der Waals surface area contributed by atoms with Gasteiger partial charge in [0.1, 0.15) is 11.5 Å². The summed E-state index contributed by atoms with van der Waals surface area (Å²) in [5, 5.41) is 5.42. The van der Waals surface area contributed by atoms with Crippen LogP contribution >= 0.6 is 0 Å². The first-order valence-electron chi connectivity index (χ1n) is 8.51. The van der Waals surface area contributed by atoms with Crippen LogP contribution in [0.2, 0.25) is 0 Å². The highest BCUT2D eigenvalue weighted by molar-refractivity contribution is 6.05. The largest absolute Gasteiger partial charge is 0.493 e. The summed E-state index contributed by atoms with van der Waals surface area (Å²) in [5.74, 6) is 0.820. The maximum Gasteiger partial charge on any atom is 0.267 e. The van der Waals surface area contributed by atoms with Gasteiger partial charge in [-0.2, -0.15) is 0 Å². The first-order valence-corrected chi connectivity index (χ1v) is 8.51. The molecule has 1 aromatic heterocycles. The van der Waals surface area contributed by atoms with Gasteiger partial charge >= 0.3 is 0 Å². The van der Waals surface area contributed by atoms with Gasteiger partial charge in [0.05, 0.1) is 20.5 Å². The van der Waals surface area contributed by atoms with E-state index >= 15 is 0 Å². The van der Waals surface area contributed by atoms with E-state index < -0.39 is 11.8 Å². The molecule has 0 aliphatic carbocycles. The quantitative estimate of drug-likeness (QED) is 0.696. The highest BCUT2D eigenvalue weighted by Crippen LogP contribution is 2.27. The highest BCUT2D eigenvalue weighted by Gasteiger charge is 2.17. The molecule has 2 N–H and O–H groups in total. The standard InChI is InChI=1S/C20H24N2O5/c1-13(2)12-21-20(24)16(11-15-6-5-9-27-15)22-19(23)14-7-8-17(25-3)18(10-14)26-4/h5-11,13H,12H2,1-4H3,(H,21,24)(H,22,23)/b16-11-. The SMILES string of the molecule is COc1ccc(C(=O)N/C(=C\c2ccco2)C(=O)NCC(C)C)cc1OC. The van der Waals surface area contributed by atoms with Crippen molar-refractivity contribution in [3.8, 4) is 11.5 Å². The van der Waals surface area contributed by atoms with Gasteiger partial charge in [0.15, 0.2) is 11.5 Å². The van der Waals surface area contributed by atoms with Crippen LogP contribution in [0.4, 0.5) is 0 Å². The summed E-state index contributed by atoms with van der Waals surface area (Å²) in [5.41, 5.74) is 0.417. The lowest BCUT2D eigenvalue weighted by molar-refractivity contribution is -0.117. The zero-order valence-electron chi connectivity index (χ0n) is 15.9. The Labute approximate surface area is 158 Å². The van der Waals surface area contributed by atoms with E-state index in [9.17, 15) is 9.59 Å². The highest BCUT2D eigenvalue weighted by atomic mass is 16.5. The molecule has 0 saturated heterocycles. The summed E-state index contributed by atoms with van der Waals surface area (Å²) in [6.45, 7) is 4.46. The molecule has 2 aromatic rings. The zero-order chi connectivity index (χ0) is 19.8. The van der Waals surface area contributed by atoms with Crippen molar-refractivity contribution < 1.29 is 23.5 Å². The minimum atomic E-state index is -0.451. The van der Waals surface area contributed by atoms with Crippen molar-refractivity contribution in [3.05, 3.63) is 53.6 Å². The number of hydrogen-bond donors (Lipinski definition) is 2. The van der Waals surface area contributed by atoms with Crippen LogP contribution in [-0.4, -0.2) is 32.6 Å². The fraction of sp³-hybridized carbons (Fsp3) is 0.300. The van der Waals surface area contributed by atoms with Crippen LogP contribution in [0.15, 0.2) is 46.7 Å². The van der Waals surface area contributed by atoms with Gasteiger partial charge in [0.25, 0.3) is 11.8 Å². The molecule has 1 aromatic carbocycles. The third-order valence-corrected chi connectivity index (χ3v) is 3.64. The Bertz CT molecular complexity index is 810. The number of benzene rings is 1. The van der Waals surface area contributed by atoms with Crippen LogP contribution in [0.25, 0.3) is 6.08 Å². The Hall–Kier alpha value is -3.22. The van der Waals surface area contributed by atoms with Gasteiger partial charge in [-0.1, -0.05) is 13.8 Å². The summed E-state index contributed by atoms with van der Waals surface area (Å²) in [6.07, 6.45) is 2.97. The second kappa shape index (κ2) is 9.47. The van der Waals surface area contributed by atoms with Crippen molar-refractivity contribution in [1.82, 2.24) is 10.6 Å². The summed E-state index contributed by atoms with van der Waals surface area (Å²) in [6, 6.07) is 8.16. The molecule has 0 unspecified atom stereocenters. The maximum atomic E-state index is 12.6. The number of carbonyl (C=O) groups is 2. The van der Waals surface area contributed by atoms with Crippen molar-refractivity contribution in [1.29, 1.82) is 0 Å². The summed E-state index contributed by atoms with van der Waals surface area (Å²) in [7, 11) is 3.00. The van der Waals surface area contributed by atoms with E-state index in [1.165, 1.54) is 26.6 Å². The van der Waals surface area contributed by atoms with E-state index in [1.54, 1.807) is 30.3 Å². The van der Waals surface area contributed by atoms with Gasteiger partial charge in [-0.05, 0) is 36.2 Å². The van der Waals surface area contributed by atoms with E-state index in [-0.39, 0.29) is 11.6 Å². The molecule has 7 nitrogen and oxygen atoms in total. The number of methoxy groups -OCH3 is 2. The van der Waals surface area contributed by atoms with Crippen LogP contribution in [0.3, 0.4) is 0 Å². The summed E-state index contributed by atoms with van der Waals surface area (Å²) in [4.78, 5) is 25.1. The lowest BCUT2D eigenvalue weighted by Gasteiger charge is -2.13. The van der Waals surface area contributed by atoms with Gasteiger partial charge in [-0.25, -0.2) is 0 Å². The maximum absolute atomic E-state index is 12.6. The topological polar surface area (TPSA) is 89.8 Å². The molecule has 27 heavy (non-hydrogen) atoms. The monoisotopic (exact) mass is 372 g/mol. The second-order valence-corrected chi connectivity index (χ2v) is 6.20. The first-order chi connectivity index (χ1) is 12.9.